The lowest BCUT2D eigenvalue weighted by Gasteiger charge is -2.00. The molecule has 2 rings (SSSR count). The minimum atomic E-state index is -0.739. The Labute approximate surface area is 80.1 Å². The molecule has 1 heterocycles. The number of hydrogen-bond donors (Lipinski definition) is 2. The Morgan fingerprint density at radius 1 is 1.31 bits per heavy atom. The second-order valence-electron chi connectivity index (χ2n) is 2.88. The van der Waals surface area contributed by atoms with Crippen molar-refractivity contribution in [2.24, 2.45) is 0 Å². The fraction of sp³-hybridized carbons (Fsp3) is 0.200. The first kappa shape index (κ1) is 8.69. The number of aliphatic hydroxyl groups is 2. The highest BCUT2D eigenvalue weighted by molar-refractivity contribution is 7.19. The highest BCUT2D eigenvalue weighted by Crippen LogP contribution is 2.29. The maximum Gasteiger partial charge on any atom is 0.111 e. The van der Waals surface area contributed by atoms with Crippen LogP contribution in [-0.2, 0) is 0 Å². The zero-order chi connectivity index (χ0) is 9.26. The van der Waals surface area contributed by atoms with Gasteiger partial charge in [-0.2, -0.15) is 0 Å². The number of benzene rings is 1. The Bertz CT molecular complexity index is 375. The summed E-state index contributed by atoms with van der Waals surface area (Å²) in [5.41, 5.74) is 0. The van der Waals surface area contributed by atoms with Crippen molar-refractivity contribution in [1.29, 1.82) is 0 Å². The van der Waals surface area contributed by atoms with Crippen LogP contribution < -0.4 is 0 Å². The molecule has 0 bridgehead atoms. The van der Waals surface area contributed by atoms with Crippen LogP contribution in [0.2, 0.25) is 0 Å². The van der Waals surface area contributed by atoms with Crippen LogP contribution in [-0.4, -0.2) is 16.8 Å². The summed E-state index contributed by atoms with van der Waals surface area (Å²) in [6, 6.07) is 9.85. The van der Waals surface area contributed by atoms with Gasteiger partial charge in [0.05, 0.1) is 6.61 Å². The lowest BCUT2D eigenvalue weighted by Crippen LogP contribution is -1.98. The Balaban J connectivity index is 2.49. The van der Waals surface area contributed by atoms with Gasteiger partial charge in [-0.15, -0.1) is 11.3 Å². The van der Waals surface area contributed by atoms with E-state index in [2.05, 4.69) is 0 Å². The largest absolute Gasteiger partial charge is 0.393 e. The number of thiophene rings is 1. The highest BCUT2D eigenvalue weighted by Gasteiger charge is 2.09. The fourth-order valence-corrected chi connectivity index (χ4v) is 2.30. The van der Waals surface area contributed by atoms with Crippen molar-refractivity contribution in [2.75, 3.05) is 6.61 Å². The van der Waals surface area contributed by atoms with E-state index in [1.54, 1.807) is 0 Å². The van der Waals surface area contributed by atoms with Gasteiger partial charge in [0.2, 0.25) is 0 Å². The molecule has 1 aromatic carbocycles. The molecule has 0 aliphatic heterocycles. The Morgan fingerprint density at radius 3 is 2.77 bits per heavy atom. The predicted molar refractivity (Wildman–Crippen MR) is 53.9 cm³/mol. The van der Waals surface area contributed by atoms with E-state index in [9.17, 15) is 5.11 Å². The molecule has 0 saturated heterocycles. The van der Waals surface area contributed by atoms with Crippen molar-refractivity contribution in [2.45, 2.75) is 6.10 Å². The van der Waals surface area contributed by atoms with Gasteiger partial charge in [-0.25, -0.2) is 0 Å². The average Bonchev–Trinajstić information content (AvgIpc) is 2.59. The maximum atomic E-state index is 9.39. The first-order valence-corrected chi connectivity index (χ1v) is 4.90. The molecule has 1 aromatic heterocycles. The molecule has 0 amide bonds. The van der Waals surface area contributed by atoms with Gasteiger partial charge in [0, 0.05) is 9.58 Å². The number of rotatable bonds is 2. The van der Waals surface area contributed by atoms with Crippen molar-refractivity contribution < 1.29 is 10.2 Å². The number of aliphatic hydroxyl groups excluding tert-OH is 2. The summed E-state index contributed by atoms with van der Waals surface area (Å²) in [5.74, 6) is 0. The van der Waals surface area contributed by atoms with Gasteiger partial charge < -0.3 is 10.2 Å². The van der Waals surface area contributed by atoms with Crippen molar-refractivity contribution >= 4 is 21.4 Å². The molecule has 3 heteroatoms. The Hall–Kier alpha value is -0.900. The summed E-state index contributed by atoms with van der Waals surface area (Å²) in [6.07, 6.45) is -0.739. The summed E-state index contributed by atoms with van der Waals surface area (Å²) in [4.78, 5) is 0.823. The van der Waals surface area contributed by atoms with Gasteiger partial charge in [0.25, 0.3) is 0 Å². The summed E-state index contributed by atoms with van der Waals surface area (Å²) < 4.78 is 1.14. The van der Waals surface area contributed by atoms with Crippen LogP contribution in [0, 0.1) is 0 Å². The van der Waals surface area contributed by atoms with E-state index in [-0.39, 0.29) is 6.61 Å². The van der Waals surface area contributed by atoms with Gasteiger partial charge in [0.15, 0.2) is 0 Å². The zero-order valence-corrected chi connectivity index (χ0v) is 7.79. The van der Waals surface area contributed by atoms with Crippen LogP contribution >= 0.6 is 11.3 Å². The second-order valence-corrected chi connectivity index (χ2v) is 4.00. The van der Waals surface area contributed by atoms with Gasteiger partial charge >= 0.3 is 0 Å². The molecule has 0 unspecified atom stereocenters. The van der Waals surface area contributed by atoms with Crippen molar-refractivity contribution in [3.8, 4) is 0 Å². The summed E-state index contributed by atoms with van der Waals surface area (Å²) in [5, 5.41) is 19.3. The summed E-state index contributed by atoms with van der Waals surface area (Å²) >= 11 is 1.52. The van der Waals surface area contributed by atoms with E-state index in [0.29, 0.717) is 0 Å². The lowest BCUT2D eigenvalue weighted by molar-refractivity contribution is 0.0984. The fourth-order valence-electron chi connectivity index (χ4n) is 1.26. The van der Waals surface area contributed by atoms with Crippen LogP contribution in [0.5, 0.6) is 0 Å². The third kappa shape index (κ3) is 1.58. The molecule has 0 saturated carbocycles. The molecule has 2 nitrogen and oxygen atoms in total. The number of hydrogen-bond acceptors (Lipinski definition) is 3. The molecular formula is C10H10O2S. The van der Waals surface area contributed by atoms with Crippen LogP contribution in [0.25, 0.3) is 10.1 Å². The second kappa shape index (κ2) is 3.46. The van der Waals surface area contributed by atoms with Crippen LogP contribution in [0.1, 0.15) is 11.0 Å². The number of fused-ring (bicyclic) bond motifs is 1. The van der Waals surface area contributed by atoms with Gasteiger partial charge in [-0.05, 0) is 17.5 Å². The third-order valence-electron chi connectivity index (χ3n) is 1.95. The topological polar surface area (TPSA) is 40.5 Å². The normalized spacial score (nSPS) is 13.4. The molecule has 1 atom stereocenters. The maximum absolute atomic E-state index is 9.39. The third-order valence-corrected chi connectivity index (χ3v) is 3.16. The first-order chi connectivity index (χ1) is 6.31. The van der Waals surface area contributed by atoms with Crippen molar-refractivity contribution in [3.05, 3.63) is 35.2 Å². The first-order valence-electron chi connectivity index (χ1n) is 4.08. The minimum Gasteiger partial charge on any atom is -0.393 e. The molecule has 2 N–H and O–H groups in total. The predicted octanol–water partition coefficient (Wildman–Crippen LogP) is 1.93. The molecule has 2 aromatic rings. The molecule has 13 heavy (non-hydrogen) atoms. The van der Waals surface area contributed by atoms with E-state index < -0.39 is 6.10 Å². The molecule has 0 aliphatic carbocycles. The smallest absolute Gasteiger partial charge is 0.111 e. The molecule has 0 aliphatic rings. The van der Waals surface area contributed by atoms with Gasteiger partial charge in [-0.3, -0.25) is 0 Å². The Kier molecular flexibility index (Phi) is 2.31. The van der Waals surface area contributed by atoms with E-state index in [1.165, 1.54) is 11.3 Å². The van der Waals surface area contributed by atoms with Gasteiger partial charge in [-0.1, -0.05) is 18.2 Å². The summed E-state index contributed by atoms with van der Waals surface area (Å²) in [7, 11) is 0. The minimum absolute atomic E-state index is 0.215. The van der Waals surface area contributed by atoms with Crippen LogP contribution in [0.3, 0.4) is 0 Å². The highest BCUT2D eigenvalue weighted by atomic mass is 32.1. The van der Waals surface area contributed by atoms with E-state index >= 15 is 0 Å². The van der Waals surface area contributed by atoms with E-state index in [1.807, 2.05) is 30.3 Å². The zero-order valence-electron chi connectivity index (χ0n) is 6.97. The quantitative estimate of drug-likeness (QED) is 0.766. The molecule has 0 spiro atoms. The van der Waals surface area contributed by atoms with Crippen LogP contribution in [0.4, 0.5) is 0 Å². The standard InChI is InChI=1S/C10H10O2S/c11-6-8(12)10-5-7-3-1-2-4-9(7)13-10/h1-5,8,11-12H,6H2/t8-/m1/s1. The van der Waals surface area contributed by atoms with Crippen molar-refractivity contribution in [1.82, 2.24) is 0 Å². The van der Waals surface area contributed by atoms with Crippen LogP contribution in [0.15, 0.2) is 30.3 Å². The van der Waals surface area contributed by atoms with Crippen molar-refractivity contribution in [3.63, 3.8) is 0 Å². The average molecular weight is 194 g/mol. The molecule has 68 valence electrons. The molecular weight excluding hydrogens is 184 g/mol. The monoisotopic (exact) mass is 194 g/mol. The lowest BCUT2D eigenvalue weighted by atomic mass is 10.2. The van der Waals surface area contributed by atoms with Gasteiger partial charge in [0.1, 0.15) is 6.10 Å². The Morgan fingerprint density at radius 2 is 2.08 bits per heavy atom. The molecule has 0 fully saturated rings. The van der Waals surface area contributed by atoms with E-state index in [4.69, 9.17) is 5.11 Å². The molecule has 0 radical (unpaired) electrons. The SMILES string of the molecule is OC[C@@H](O)c1cc2ccccc2s1. The van der Waals surface area contributed by atoms with E-state index in [0.717, 1.165) is 15.0 Å². The summed E-state index contributed by atoms with van der Waals surface area (Å²) in [6.45, 7) is -0.215.